The summed E-state index contributed by atoms with van der Waals surface area (Å²) < 4.78 is 30.4. The molecule has 148 valence electrons. The first-order valence-electron chi connectivity index (χ1n) is 8.12. The first-order valence-corrected chi connectivity index (χ1v) is 9.48. The van der Waals surface area contributed by atoms with Crippen molar-refractivity contribution >= 4 is 40.7 Å². The fourth-order valence-corrected chi connectivity index (χ4v) is 3.24. The van der Waals surface area contributed by atoms with Crippen LogP contribution in [0.3, 0.4) is 0 Å². The fraction of sp³-hybridized carbons (Fsp3) is 0.294. The molecule has 0 spiro atoms. The number of alkyl halides is 2. The van der Waals surface area contributed by atoms with Gasteiger partial charge in [-0.15, -0.1) is 5.10 Å². The zero-order valence-electron chi connectivity index (χ0n) is 15.2. The fourth-order valence-electron chi connectivity index (χ4n) is 2.40. The number of aryl methyl sites for hydroxylation is 2. The van der Waals surface area contributed by atoms with Crippen LogP contribution in [0.15, 0.2) is 23.4 Å². The molecule has 0 bridgehead atoms. The molecule has 0 saturated carbocycles. The van der Waals surface area contributed by atoms with Crippen molar-refractivity contribution in [2.24, 2.45) is 0 Å². The Kier molecular flexibility index (Phi) is 5.99. The van der Waals surface area contributed by atoms with Crippen molar-refractivity contribution < 1.29 is 18.3 Å². The third-order valence-corrected chi connectivity index (χ3v) is 5.14. The van der Waals surface area contributed by atoms with Crippen molar-refractivity contribution in [1.29, 1.82) is 0 Å². The van der Waals surface area contributed by atoms with Crippen LogP contribution in [-0.4, -0.2) is 37.9 Å². The normalized spacial score (nSPS) is 11.2. The Morgan fingerprint density at radius 1 is 1.32 bits per heavy atom. The van der Waals surface area contributed by atoms with Crippen LogP contribution in [0.4, 0.5) is 14.5 Å². The number of amides is 1. The minimum Gasteiger partial charge on any atom is -0.433 e. The van der Waals surface area contributed by atoms with Gasteiger partial charge in [0, 0.05) is 17.1 Å². The Morgan fingerprint density at radius 2 is 2.07 bits per heavy atom. The van der Waals surface area contributed by atoms with Crippen molar-refractivity contribution in [3.63, 3.8) is 0 Å². The molecule has 0 fully saturated rings. The lowest BCUT2D eigenvalue weighted by Gasteiger charge is -2.09. The van der Waals surface area contributed by atoms with Gasteiger partial charge in [-0.05, 0) is 44.5 Å². The number of benzene rings is 1. The number of carbonyl (C=O) groups is 1. The van der Waals surface area contributed by atoms with Gasteiger partial charge in [-0.1, -0.05) is 23.4 Å². The third-order valence-electron chi connectivity index (χ3n) is 4.01. The molecule has 0 unspecified atom stereocenters. The van der Waals surface area contributed by atoms with Crippen LogP contribution in [0, 0.1) is 20.8 Å². The number of hydrogen-bond acceptors (Lipinski definition) is 6. The molecule has 3 aromatic rings. The predicted octanol–water partition coefficient (Wildman–Crippen LogP) is 4.04. The monoisotopic (exact) mass is 427 g/mol. The molecule has 1 amide bonds. The molecule has 1 N–H and O–H groups in total. The number of rotatable bonds is 6. The number of anilines is 1. The third kappa shape index (κ3) is 4.50. The second kappa shape index (κ2) is 8.27. The Bertz CT molecular complexity index is 1040. The molecule has 7 nitrogen and oxygen atoms in total. The molecular weight excluding hydrogens is 412 g/mol. The van der Waals surface area contributed by atoms with Gasteiger partial charge in [0.25, 0.3) is 5.78 Å². The highest BCUT2D eigenvalue weighted by atomic mass is 35.5. The Balaban J connectivity index is 1.64. The summed E-state index contributed by atoms with van der Waals surface area (Å²) >= 11 is 7.03. The van der Waals surface area contributed by atoms with Gasteiger partial charge in [0.2, 0.25) is 11.1 Å². The number of hydrogen-bond donors (Lipinski definition) is 1. The maximum atomic E-state index is 12.2. The average molecular weight is 428 g/mol. The molecule has 2 aromatic heterocycles. The van der Waals surface area contributed by atoms with E-state index in [0.29, 0.717) is 16.6 Å². The van der Waals surface area contributed by atoms with Crippen LogP contribution in [0.5, 0.6) is 5.75 Å². The summed E-state index contributed by atoms with van der Waals surface area (Å²) in [7, 11) is 0. The molecule has 0 aliphatic rings. The summed E-state index contributed by atoms with van der Waals surface area (Å²) in [4.78, 5) is 20.9. The number of halogens is 3. The van der Waals surface area contributed by atoms with Crippen molar-refractivity contribution in [3.05, 3.63) is 40.2 Å². The smallest absolute Gasteiger partial charge is 0.387 e. The molecule has 0 radical (unpaired) electrons. The number of nitrogens with zero attached hydrogens (tertiary/aromatic N) is 4. The molecule has 0 aliphatic carbocycles. The van der Waals surface area contributed by atoms with Gasteiger partial charge in [-0.2, -0.15) is 13.8 Å². The topological polar surface area (TPSA) is 81.4 Å². The van der Waals surface area contributed by atoms with E-state index in [1.54, 1.807) is 4.52 Å². The zero-order chi connectivity index (χ0) is 20.4. The molecule has 11 heteroatoms. The number of thioether (sulfide) groups is 1. The summed E-state index contributed by atoms with van der Waals surface area (Å²) in [6, 6.07) is 4.03. The van der Waals surface area contributed by atoms with Crippen LogP contribution in [0.1, 0.15) is 17.0 Å². The van der Waals surface area contributed by atoms with Gasteiger partial charge >= 0.3 is 6.61 Å². The second-order valence-corrected chi connectivity index (χ2v) is 7.22. The quantitative estimate of drug-likeness (QED) is 0.598. The van der Waals surface area contributed by atoms with Crippen LogP contribution in [0.2, 0.25) is 5.02 Å². The average Bonchev–Trinajstić information content (AvgIpc) is 3.03. The first kappa shape index (κ1) is 20.3. The Labute approximate surface area is 168 Å². The van der Waals surface area contributed by atoms with Gasteiger partial charge in [-0.3, -0.25) is 4.79 Å². The van der Waals surface area contributed by atoms with Crippen molar-refractivity contribution in [2.75, 3.05) is 11.1 Å². The van der Waals surface area contributed by atoms with Crippen molar-refractivity contribution in [2.45, 2.75) is 32.5 Å². The molecule has 3 rings (SSSR count). The maximum absolute atomic E-state index is 12.2. The van der Waals surface area contributed by atoms with E-state index in [9.17, 15) is 13.6 Å². The minimum atomic E-state index is -2.97. The van der Waals surface area contributed by atoms with Gasteiger partial charge in [0.15, 0.2) is 0 Å². The lowest BCUT2D eigenvalue weighted by atomic mass is 10.2. The molecule has 28 heavy (non-hydrogen) atoms. The minimum absolute atomic E-state index is 0.0277. The van der Waals surface area contributed by atoms with Crippen LogP contribution in [-0.2, 0) is 4.79 Å². The van der Waals surface area contributed by atoms with Crippen LogP contribution in [0.25, 0.3) is 5.78 Å². The molecule has 0 atom stereocenters. The number of nitrogens with one attached hydrogen (secondary N) is 1. The van der Waals surface area contributed by atoms with Crippen LogP contribution >= 0.6 is 23.4 Å². The maximum Gasteiger partial charge on any atom is 0.387 e. The number of ether oxygens (including phenoxy) is 1. The van der Waals surface area contributed by atoms with Gasteiger partial charge in [0.05, 0.1) is 10.8 Å². The van der Waals surface area contributed by atoms with E-state index in [-0.39, 0.29) is 22.4 Å². The molecule has 1 aromatic carbocycles. The van der Waals surface area contributed by atoms with Crippen LogP contribution < -0.4 is 10.1 Å². The van der Waals surface area contributed by atoms with Gasteiger partial charge < -0.3 is 10.1 Å². The number of aromatic nitrogens is 4. The molecule has 2 heterocycles. The standard InChI is InChI=1S/C17H16ClF2N5O2S/c1-8-9(2)21-16-23-17(24-25(16)10(8)3)28-7-14(26)22-11-4-5-13(12(18)6-11)27-15(19)20/h4-6,15H,7H2,1-3H3,(H,22,26). The predicted molar refractivity (Wildman–Crippen MR) is 102 cm³/mol. The first-order chi connectivity index (χ1) is 13.2. The highest BCUT2D eigenvalue weighted by Crippen LogP contribution is 2.29. The summed E-state index contributed by atoms with van der Waals surface area (Å²) in [6.07, 6.45) is 0. The number of carbonyl (C=O) groups excluding carboxylic acids is 1. The highest BCUT2D eigenvalue weighted by Gasteiger charge is 2.14. The lowest BCUT2D eigenvalue weighted by Crippen LogP contribution is -2.14. The summed E-state index contributed by atoms with van der Waals surface area (Å²) in [6.45, 7) is 2.82. The Hall–Kier alpha value is -2.46. The molecular formula is C17H16ClF2N5O2S. The van der Waals surface area contributed by atoms with E-state index in [1.165, 1.54) is 18.2 Å². The largest absolute Gasteiger partial charge is 0.433 e. The summed E-state index contributed by atoms with van der Waals surface area (Å²) in [5.41, 5.74) is 3.21. The highest BCUT2D eigenvalue weighted by molar-refractivity contribution is 7.99. The summed E-state index contributed by atoms with van der Waals surface area (Å²) in [5.74, 6) is 0.0525. The van der Waals surface area contributed by atoms with E-state index in [0.717, 1.165) is 28.7 Å². The number of fused-ring (bicyclic) bond motifs is 1. The van der Waals surface area contributed by atoms with E-state index in [2.05, 4.69) is 25.1 Å². The SMILES string of the molecule is Cc1nc2nc(SCC(=O)Nc3ccc(OC(F)F)c(Cl)c3)nn2c(C)c1C. The van der Waals surface area contributed by atoms with E-state index in [1.807, 2.05) is 20.8 Å². The second-order valence-electron chi connectivity index (χ2n) is 5.87. The van der Waals surface area contributed by atoms with E-state index < -0.39 is 6.61 Å². The molecule has 0 aliphatic heterocycles. The van der Waals surface area contributed by atoms with E-state index >= 15 is 0 Å². The van der Waals surface area contributed by atoms with Crippen molar-refractivity contribution in [1.82, 2.24) is 19.6 Å². The van der Waals surface area contributed by atoms with Gasteiger partial charge in [0.1, 0.15) is 5.75 Å². The Morgan fingerprint density at radius 3 is 2.75 bits per heavy atom. The summed E-state index contributed by atoms with van der Waals surface area (Å²) in [5, 5.41) is 7.39. The van der Waals surface area contributed by atoms with Gasteiger partial charge in [-0.25, -0.2) is 9.50 Å². The van der Waals surface area contributed by atoms with E-state index in [4.69, 9.17) is 11.6 Å². The zero-order valence-corrected chi connectivity index (χ0v) is 16.7. The lowest BCUT2D eigenvalue weighted by molar-refractivity contribution is -0.113. The molecule has 0 saturated heterocycles. The van der Waals surface area contributed by atoms with Crippen molar-refractivity contribution in [3.8, 4) is 5.75 Å².